The molecular formula is C10H11I. The number of hydrogen-bond donors (Lipinski definition) is 0. The third-order valence-electron chi connectivity index (χ3n) is 1.93. The van der Waals surface area contributed by atoms with Gasteiger partial charge in [0.15, 0.2) is 0 Å². The Labute approximate surface area is 77.4 Å². The minimum absolute atomic E-state index is 0.233. The molecule has 1 aliphatic heterocycles. The molecule has 0 saturated heterocycles. The van der Waals surface area contributed by atoms with Gasteiger partial charge >= 0.3 is 0 Å². The van der Waals surface area contributed by atoms with Crippen LogP contribution in [0.25, 0.3) is 0 Å². The van der Waals surface area contributed by atoms with Crippen LogP contribution in [-0.2, 0) is 0 Å². The molecule has 0 radical (unpaired) electrons. The molecule has 0 amide bonds. The lowest BCUT2D eigenvalue weighted by Crippen LogP contribution is -1.95. The summed E-state index contributed by atoms with van der Waals surface area (Å²) >= 11 is 0.233. The van der Waals surface area contributed by atoms with Crippen molar-refractivity contribution in [3.05, 3.63) is 33.0 Å². The smallest absolute Gasteiger partial charge is 0.0170 e. The third kappa shape index (κ3) is 1.53. The van der Waals surface area contributed by atoms with E-state index in [1.165, 1.54) is 24.0 Å². The summed E-state index contributed by atoms with van der Waals surface area (Å²) in [5, 5.41) is 0. The van der Waals surface area contributed by atoms with Gasteiger partial charge in [0, 0.05) is 0 Å². The van der Waals surface area contributed by atoms with E-state index < -0.39 is 0 Å². The van der Waals surface area contributed by atoms with Crippen molar-refractivity contribution >= 4 is 24.7 Å². The highest BCUT2D eigenvalue weighted by atomic mass is 127. The summed E-state index contributed by atoms with van der Waals surface area (Å²) in [6.07, 6.45) is 9.56. The lowest BCUT2D eigenvalue weighted by Gasteiger charge is -2.13. The SMILES string of the molecule is CC1=CC2=CCCC=C2C=I1. The van der Waals surface area contributed by atoms with Crippen molar-refractivity contribution < 1.29 is 0 Å². The molecular weight excluding hydrogens is 247 g/mol. The zero-order valence-electron chi connectivity index (χ0n) is 6.60. The van der Waals surface area contributed by atoms with Crippen LogP contribution < -0.4 is 0 Å². The zero-order chi connectivity index (χ0) is 7.68. The van der Waals surface area contributed by atoms with Gasteiger partial charge in [0.2, 0.25) is 0 Å². The number of fused-ring (bicyclic) bond motifs is 1. The predicted octanol–water partition coefficient (Wildman–Crippen LogP) is 3.32. The average molecular weight is 258 g/mol. The Morgan fingerprint density at radius 1 is 1.18 bits per heavy atom. The van der Waals surface area contributed by atoms with E-state index in [1.54, 1.807) is 3.58 Å². The molecule has 0 aromatic rings. The molecule has 1 heteroatoms. The molecule has 0 atom stereocenters. The summed E-state index contributed by atoms with van der Waals surface area (Å²) in [6.45, 7) is 2.25. The highest BCUT2D eigenvalue weighted by Gasteiger charge is 2.07. The van der Waals surface area contributed by atoms with E-state index in [2.05, 4.69) is 29.2 Å². The Hall–Kier alpha value is -0.180. The lowest BCUT2D eigenvalue weighted by atomic mass is 9.99. The van der Waals surface area contributed by atoms with Gasteiger partial charge in [-0.1, -0.05) is 32.9 Å². The Kier molecular flexibility index (Phi) is 2.07. The van der Waals surface area contributed by atoms with Crippen molar-refractivity contribution in [3.63, 3.8) is 0 Å². The lowest BCUT2D eigenvalue weighted by molar-refractivity contribution is 1.02. The van der Waals surface area contributed by atoms with Gasteiger partial charge in [-0.05, 0) is 44.6 Å². The molecule has 0 saturated carbocycles. The first kappa shape index (κ1) is 7.47. The van der Waals surface area contributed by atoms with Crippen LogP contribution in [0.2, 0.25) is 0 Å². The molecule has 58 valence electrons. The standard InChI is InChI=1S/C10H11I/c1-8-6-9-4-2-3-5-10(9)7-11-8/h4-7H,2-3H2,1H3. The van der Waals surface area contributed by atoms with Crippen LogP contribution in [0.15, 0.2) is 33.0 Å². The Bertz CT molecular complexity index is 290. The average Bonchev–Trinajstić information content (AvgIpc) is 2.04. The molecule has 0 spiro atoms. The van der Waals surface area contributed by atoms with Crippen molar-refractivity contribution in [2.45, 2.75) is 19.8 Å². The van der Waals surface area contributed by atoms with E-state index in [-0.39, 0.29) is 20.7 Å². The molecule has 0 unspecified atom stereocenters. The fourth-order valence-corrected chi connectivity index (χ4v) is 3.31. The van der Waals surface area contributed by atoms with Gasteiger partial charge in [0.05, 0.1) is 0 Å². The van der Waals surface area contributed by atoms with Gasteiger partial charge in [-0.15, -0.1) is 0 Å². The Morgan fingerprint density at radius 3 is 2.73 bits per heavy atom. The summed E-state index contributed by atoms with van der Waals surface area (Å²) < 4.78 is 4.04. The highest BCUT2D eigenvalue weighted by molar-refractivity contribution is 14.2. The van der Waals surface area contributed by atoms with Crippen molar-refractivity contribution in [1.29, 1.82) is 0 Å². The van der Waals surface area contributed by atoms with Gasteiger partial charge in [0.1, 0.15) is 0 Å². The second-order valence-electron chi connectivity index (χ2n) is 2.85. The van der Waals surface area contributed by atoms with Gasteiger partial charge in [-0.3, -0.25) is 0 Å². The molecule has 0 N–H and O–H groups in total. The van der Waals surface area contributed by atoms with E-state index in [1.807, 2.05) is 0 Å². The molecule has 1 aliphatic carbocycles. The molecule has 0 fully saturated rings. The number of rotatable bonds is 0. The quantitative estimate of drug-likeness (QED) is 0.585. The monoisotopic (exact) mass is 258 g/mol. The van der Waals surface area contributed by atoms with Gasteiger partial charge in [-0.25, -0.2) is 0 Å². The van der Waals surface area contributed by atoms with Crippen LogP contribution in [-0.4, -0.2) is 4.01 Å². The summed E-state index contributed by atoms with van der Waals surface area (Å²) in [4.78, 5) is 0. The van der Waals surface area contributed by atoms with Crippen LogP contribution >= 0.6 is 20.7 Å². The second-order valence-corrected chi connectivity index (χ2v) is 5.79. The first-order valence-electron chi connectivity index (χ1n) is 3.92. The van der Waals surface area contributed by atoms with Crippen molar-refractivity contribution in [2.75, 3.05) is 0 Å². The van der Waals surface area contributed by atoms with E-state index in [0.717, 1.165) is 0 Å². The molecule has 2 aliphatic rings. The summed E-state index contributed by atoms with van der Waals surface area (Å²) in [5.41, 5.74) is 2.98. The molecule has 2 rings (SSSR count). The number of allylic oxidation sites excluding steroid dienone is 6. The molecule has 0 bridgehead atoms. The molecule has 0 aromatic carbocycles. The first-order valence-corrected chi connectivity index (χ1v) is 6.24. The van der Waals surface area contributed by atoms with Crippen LogP contribution in [0.1, 0.15) is 19.8 Å². The zero-order valence-corrected chi connectivity index (χ0v) is 8.76. The van der Waals surface area contributed by atoms with Crippen LogP contribution in [0, 0.1) is 0 Å². The Balaban J connectivity index is 2.40. The number of halogens is 1. The fourth-order valence-electron chi connectivity index (χ4n) is 1.35. The van der Waals surface area contributed by atoms with Gasteiger partial charge in [0.25, 0.3) is 0 Å². The van der Waals surface area contributed by atoms with Crippen LogP contribution in [0.5, 0.6) is 0 Å². The van der Waals surface area contributed by atoms with E-state index in [9.17, 15) is 0 Å². The molecule has 11 heavy (non-hydrogen) atoms. The van der Waals surface area contributed by atoms with Gasteiger partial charge < -0.3 is 0 Å². The first-order chi connectivity index (χ1) is 5.36. The van der Waals surface area contributed by atoms with E-state index in [0.29, 0.717) is 0 Å². The minimum Gasteiger partial charge on any atom is -0.0898 e. The number of hydrogen-bond acceptors (Lipinski definition) is 0. The van der Waals surface area contributed by atoms with Crippen LogP contribution in [0.3, 0.4) is 0 Å². The third-order valence-corrected chi connectivity index (χ3v) is 4.20. The molecule has 0 aromatic heterocycles. The van der Waals surface area contributed by atoms with Crippen molar-refractivity contribution in [3.8, 4) is 0 Å². The topological polar surface area (TPSA) is 0 Å². The molecule has 0 nitrogen and oxygen atoms in total. The maximum atomic E-state index is 2.44. The van der Waals surface area contributed by atoms with Crippen LogP contribution in [0.4, 0.5) is 0 Å². The van der Waals surface area contributed by atoms with E-state index in [4.69, 9.17) is 0 Å². The summed E-state index contributed by atoms with van der Waals surface area (Å²) in [5.74, 6) is 0. The molecule has 1 heterocycles. The minimum atomic E-state index is 0.233. The summed E-state index contributed by atoms with van der Waals surface area (Å²) in [6, 6.07) is 0. The van der Waals surface area contributed by atoms with E-state index >= 15 is 0 Å². The normalized spacial score (nSPS) is 22.5. The Morgan fingerprint density at radius 2 is 1.91 bits per heavy atom. The fraction of sp³-hybridized carbons (Fsp3) is 0.300. The predicted molar refractivity (Wildman–Crippen MR) is 59.2 cm³/mol. The highest BCUT2D eigenvalue weighted by Crippen LogP contribution is 2.29. The maximum absolute atomic E-state index is 2.44. The summed E-state index contributed by atoms with van der Waals surface area (Å²) in [7, 11) is 0. The van der Waals surface area contributed by atoms with Crippen molar-refractivity contribution in [2.24, 2.45) is 0 Å². The second kappa shape index (κ2) is 3.05. The largest absolute Gasteiger partial charge is 0.0898 e. The van der Waals surface area contributed by atoms with Gasteiger partial charge in [-0.2, -0.15) is 0 Å². The maximum Gasteiger partial charge on any atom is -0.0170 e. The van der Waals surface area contributed by atoms with Crippen molar-refractivity contribution in [1.82, 2.24) is 0 Å².